The Kier molecular flexibility index (Phi) is 6.55. The molecule has 0 saturated carbocycles. The molecule has 155 valence electrons. The minimum absolute atomic E-state index is 0.738. The predicted molar refractivity (Wildman–Crippen MR) is 117 cm³/mol. The van der Waals surface area contributed by atoms with Crippen LogP contribution in [0.2, 0.25) is 0 Å². The van der Waals surface area contributed by atoms with Crippen LogP contribution in [-0.4, -0.2) is 114 Å². The first-order valence-electron chi connectivity index (χ1n) is 10.7. The van der Waals surface area contributed by atoms with E-state index in [0.717, 1.165) is 80.4 Å². The van der Waals surface area contributed by atoms with Crippen LogP contribution < -0.4 is 8.74 Å². The molecule has 0 aromatic carbocycles. The van der Waals surface area contributed by atoms with Crippen molar-refractivity contribution in [3.63, 3.8) is 0 Å². The van der Waals surface area contributed by atoms with Crippen LogP contribution in [0, 0.1) is 0 Å². The minimum atomic E-state index is 0.738. The summed E-state index contributed by atoms with van der Waals surface area (Å²) in [5.74, 6) is 1.12. The van der Waals surface area contributed by atoms with Crippen molar-refractivity contribution in [2.24, 2.45) is 0 Å². The number of nitrogens with zero attached hydrogens (tertiary/aromatic N) is 5. The van der Waals surface area contributed by atoms with Crippen molar-refractivity contribution >= 4 is 53.7 Å². The van der Waals surface area contributed by atoms with Crippen LogP contribution >= 0.6 is 11.3 Å². The van der Waals surface area contributed by atoms with Crippen molar-refractivity contribution in [3.05, 3.63) is 10.9 Å². The summed E-state index contributed by atoms with van der Waals surface area (Å²) in [7, 11) is 0. The van der Waals surface area contributed by atoms with Gasteiger partial charge in [0.15, 0.2) is 0 Å². The second kappa shape index (κ2) is 9.31. The summed E-state index contributed by atoms with van der Waals surface area (Å²) >= 11 is 3.16. The van der Waals surface area contributed by atoms with Crippen molar-refractivity contribution in [2.45, 2.75) is 25.4 Å². The first kappa shape index (κ1) is 20.4. The molecule has 0 aliphatic carbocycles. The number of hydrogen-bond donors (Lipinski definition) is 0. The molecule has 9 heteroatoms. The van der Waals surface area contributed by atoms with Gasteiger partial charge in [0.25, 0.3) is 0 Å². The van der Waals surface area contributed by atoms with Gasteiger partial charge in [0.2, 0.25) is 0 Å². The van der Waals surface area contributed by atoms with E-state index in [-0.39, 0.29) is 0 Å². The van der Waals surface area contributed by atoms with Crippen molar-refractivity contribution < 1.29 is 9.47 Å². The number of anilines is 1. The van der Waals surface area contributed by atoms with Crippen molar-refractivity contribution in [3.8, 4) is 0 Å². The average molecular weight is 521 g/mol. The summed E-state index contributed by atoms with van der Waals surface area (Å²) in [5.41, 5.74) is 1.12. The Morgan fingerprint density at radius 2 is 1.66 bits per heavy atom. The third-order valence-corrected chi connectivity index (χ3v) is 7.96. The second-order valence-electron chi connectivity index (χ2n) is 8.05. The molecule has 0 N–H and O–H groups in total. The van der Waals surface area contributed by atoms with Gasteiger partial charge in [-0.2, -0.15) is 0 Å². The first-order valence-corrected chi connectivity index (χ1v) is 12.9. The maximum atomic E-state index is 5.53. The Balaban J connectivity index is 1.26. The van der Waals surface area contributed by atoms with Gasteiger partial charge >= 0.3 is 172 Å². The number of piperidine rings is 1. The SMILES string of the molecule is [Sn][c]1nc(N2CCOCC2)c2sc(CN3CCC(N4CCOCC4)CC3)cc2n1. The third kappa shape index (κ3) is 4.72. The molecule has 2 aromatic heterocycles. The number of rotatable bonds is 4. The molecular formula is C20H28N5O2SSn. The summed E-state index contributed by atoms with van der Waals surface area (Å²) < 4.78 is 13.2. The van der Waals surface area contributed by atoms with Crippen LogP contribution in [0.15, 0.2) is 6.07 Å². The Hall–Kier alpha value is -0.521. The van der Waals surface area contributed by atoms with Gasteiger partial charge in [0, 0.05) is 0 Å². The molecular weight excluding hydrogens is 493 g/mol. The zero-order valence-electron chi connectivity index (χ0n) is 16.8. The van der Waals surface area contributed by atoms with Crippen LogP contribution in [-0.2, 0) is 16.0 Å². The monoisotopic (exact) mass is 522 g/mol. The van der Waals surface area contributed by atoms with Crippen LogP contribution in [0.4, 0.5) is 5.82 Å². The number of ether oxygens (including phenoxy) is 2. The first-order chi connectivity index (χ1) is 14.3. The number of thiophene rings is 1. The van der Waals surface area contributed by atoms with Crippen LogP contribution in [0.1, 0.15) is 17.7 Å². The van der Waals surface area contributed by atoms with E-state index in [1.165, 1.54) is 58.0 Å². The summed E-state index contributed by atoms with van der Waals surface area (Å²) in [5, 5.41) is 0. The Morgan fingerprint density at radius 1 is 0.966 bits per heavy atom. The molecule has 7 nitrogen and oxygen atoms in total. The topological polar surface area (TPSA) is 54.0 Å². The quantitative estimate of drug-likeness (QED) is 0.548. The molecule has 0 atom stereocenters. The molecule has 0 amide bonds. The third-order valence-electron chi connectivity index (χ3n) is 6.21. The van der Waals surface area contributed by atoms with E-state index < -0.39 is 0 Å². The molecule has 3 aliphatic heterocycles. The van der Waals surface area contributed by atoms with Gasteiger partial charge in [-0.25, -0.2) is 0 Å². The predicted octanol–water partition coefficient (Wildman–Crippen LogP) is 0.618. The maximum absolute atomic E-state index is 5.53. The van der Waals surface area contributed by atoms with Gasteiger partial charge in [-0.15, -0.1) is 0 Å². The molecule has 3 fully saturated rings. The van der Waals surface area contributed by atoms with Gasteiger partial charge in [-0.05, 0) is 0 Å². The molecule has 3 saturated heterocycles. The van der Waals surface area contributed by atoms with Gasteiger partial charge in [-0.3, -0.25) is 0 Å². The van der Waals surface area contributed by atoms with Crippen molar-refractivity contribution in [1.29, 1.82) is 0 Å². The number of likely N-dealkylation sites (tertiary alicyclic amines) is 1. The number of morpholine rings is 2. The normalized spacial score (nSPS) is 23.1. The molecule has 2 aromatic rings. The average Bonchev–Trinajstić information content (AvgIpc) is 3.17. The van der Waals surface area contributed by atoms with E-state index in [2.05, 4.69) is 20.8 Å². The molecule has 5 rings (SSSR count). The molecule has 0 spiro atoms. The molecule has 29 heavy (non-hydrogen) atoms. The van der Waals surface area contributed by atoms with Crippen LogP contribution in [0.5, 0.6) is 0 Å². The van der Waals surface area contributed by atoms with Gasteiger partial charge < -0.3 is 4.74 Å². The van der Waals surface area contributed by atoms with E-state index >= 15 is 0 Å². The molecule has 0 unspecified atom stereocenters. The number of aromatic nitrogens is 2. The zero-order valence-corrected chi connectivity index (χ0v) is 20.5. The number of fused-ring (bicyclic) bond motifs is 1. The molecule has 0 bridgehead atoms. The van der Waals surface area contributed by atoms with E-state index in [1.54, 1.807) is 0 Å². The molecule has 3 aliphatic rings. The standard InChI is InChI=1S/C20H28N5O2S.Sn/c1-3-23(4-2-16(1)24-5-9-26-10-6-24)14-17-13-18-19(28-17)20(22-15-21-18)25-7-11-27-12-8-25;/h13,16H,1-12,14H2;. The van der Waals surface area contributed by atoms with Crippen LogP contribution in [0.25, 0.3) is 10.2 Å². The Labute approximate surface area is 189 Å². The van der Waals surface area contributed by atoms with E-state index in [0.29, 0.717) is 0 Å². The fourth-order valence-electron chi connectivity index (χ4n) is 4.64. The van der Waals surface area contributed by atoms with Gasteiger partial charge in [0.1, 0.15) is 0 Å². The summed E-state index contributed by atoms with van der Waals surface area (Å²) in [6.07, 6.45) is 2.54. The number of hydrogen-bond acceptors (Lipinski definition) is 8. The fraction of sp³-hybridized carbons (Fsp3) is 0.700. The van der Waals surface area contributed by atoms with E-state index in [1.807, 2.05) is 11.3 Å². The van der Waals surface area contributed by atoms with Crippen LogP contribution in [0.3, 0.4) is 0 Å². The van der Waals surface area contributed by atoms with E-state index in [4.69, 9.17) is 19.4 Å². The van der Waals surface area contributed by atoms with Gasteiger partial charge in [-0.1, -0.05) is 0 Å². The summed E-state index contributed by atoms with van der Waals surface area (Å²) in [6.45, 7) is 10.8. The van der Waals surface area contributed by atoms with E-state index in [9.17, 15) is 0 Å². The Morgan fingerprint density at radius 3 is 2.38 bits per heavy atom. The molecule has 3 radical (unpaired) electrons. The van der Waals surface area contributed by atoms with Crippen molar-refractivity contribution in [1.82, 2.24) is 19.8 Å². The Bertz CT molecular complexity index is 830. The van der Waals surface area contributed by atoms with Crippen molar-refractivity contribution in [2.75, 3.05) is 70.6 Å². The van der Waals surface area contributed by atoms with Gasteiger partial charge in [0.05, 0.1) is 13.2 Å². The zero-order chi connectivity index (χ0) is 19.6. The summed E-state index contributed by atoms with van der Waals surface area (Å²) in [4.78, 5) is 18.6. The fourth-order valence-corrected chi connectivity index (χ4v) is 6.44. The molecule has 5 heterocycles. The second-order valence-corrected chi connectivity index (χ2v) is 10.5. The summed E-state index contributed by atoms with van der Waals surface area (Å²) in [6, 6.07) is 3.04.